The van der Waals surface area contributed by atoms with E-state index in [1.54, 1.807) is 21.9 Å². The highest BCUT2D eigenvalue weighted by Crippen LogP contribution is 2.48. The summed E-state index contributed by atoms with van der Waals surface area (Å²) in [6, 6.07) is 7.10. The Kier molecular flexibility index (Phi) is 3.62. The van der Waals surface area contributed by atoms with Crippen molar-refractivity contribution in [3.63, 3.8) is 0 Å². The Morgan fingerprint density at radius 3 is 1.71 bits per heavy atom. The van der Waals surface area contributed by atoms with Gasteiger partial charge in [0.1, 0.15) is 5.82 Å². The predicted molar refractivity (Wildman–Crippen MR) is 91.1 cm³/mol. The lowest BCUT2D eigenvalue weighted by atomic mass is 9.52. The van der Waals surface area contributed by atoms with Crippen LogP contribution in [-0.4, -0.2) is 37.4 Å². The summed E-state index contributed by atoms with van der Waals surface area (Å²) in [5, 5.41) is 11.4. The molecule has 3 nitrogen and oxygen atoms in total. The van der Waals surface area contributed by atoms with Crippen LogP contribution in [0, 0.1) is 28.5 Å². The molecule has 0 unspecified atom stereocenters. The minimum atomic E-state index is -0.202. The molecule has 1 aromatic carbocycles. The van der Waals surface area contributed by atoms with Crippen LogP contribution < -0.4 is 9.80 Å². The number of hydrogen-bond donors (Lipinski definition) is 3. The van der Waals surface area contributed by atoms with Crippen LogP contribution in [0.5, 0.6) is 0 Å². The third-order valence-electron chi connectivity index (χ3n) is 7.63. The molecule has 0 amide bonds. The Hall–Kier alpha value is -0.970. The molecule has 1 aromatic rings. The van der Waals surface area contributed by atoms with E-state index in [1.807, 2.05) is 12.1 Å². The molecule has 4 bridgehead atoms. The summed E-state index contributed by atoms with van der Waals surface area (Å²) >= 11 is 0. The van der Waals surface area contributed by atoms with Crippen LogP contribution in [0.25, 0.3) is 0 Å². The van der Waals surface area contributed by atoms with Gasteiger partial charge in [-0.3, -0.25) is 9.80 Å². The van der Waals surface area contributed by atoms with Crippen LogP contribution in [0.15, 0.2) is 24.3 Å². The molecular weight excluding hydrogens is 303 g/mol. The van der Waals surface area contributed by atoms with Crippen molar-refractivity contribution in [2.75, 3.05) is 26.2 Å². The molecule has 0 atom stereocenters. The second-order valence-corrected chi connectivity index (χ2v) is 9.19. The van der Waals surface area contributed by atoms with Crippen LogP contribution in [-0.2, 0) is 0 Å². The van der Waals surface area contributed by atoms with Crippen molar-refractivity contribution in [2.45, 2.75) is 40.0 Å². The van der Waals surface area contributed by atoms with E-state index in [9.17, 15) is 9.50 Å². The summed E-state index contributed by atoms with van der Waals surface area (Å²) in [6.07, 6.45) is 0.184. The van der Waals surface area contributed by atoms with Crippen molar-refractivity contribution < 1.29 is 19.3 Å². The third-order valence-corrected chi connectivity index (χ3v) is 7.63. The quantitative estimate of drug-likeness (QED) is 0.728. The summed E-state index contributed by atoms with van der Waals surface area (Å²) in [4.78, 5) is 3.17. The van der Waals surface area contributed by atoms with E-state index in [2.05, 4.69) is 27.7 Å². The number of rotatable bonds is 3. The zero-order chi connectivity index (χ0) is 17.3. The number of nitrogens with one attached hydrogen (secondary N) is 2. The first-order valence-electron chi connectivity index (χ1n) is 9.43. The zero-order valence-corrected chi connectivity index (χ0v) is 15.3. The number of benzene rings is 1. The Labute approximate surface area is 144 Å². The molecule has 4 aliphatic heterocycles. The summed E-state index contributed by atoms with van der Waals surface area (Å²) in [7, 11) is 0. The van der Waals surface area contributed by atoms with Gasteiger partial charge >= 0.3 is 0 Å². The number of aliphatic hydroxyl groups excluding tert-OH is 1. The number of halogens is 1. The predicted octanol–water partition coefficient (Wildman–Crippen LogP) is 0.281. The highest BCUT2D eigenvalue weighted by Gasteiger charge is 2.72. The van der Waals surface area contributed by atoms with E-state index < -0.39 is 0 Å². The smallest absolute Gasteiger partial charge is 0.240 e. The largest absolute Gasteiger partial charge is 0.391 e. The van der Waals surface area contributed by atoms with Crippen molar-refractivity contribution in [2.24, 2.45) is 22.7 Å². The SMILES string of the molecule is CC(C)C12C[NH+]3CC(C(C)C)(C[NH+](C1)C3c1ccc(F)cc1)C2O. The van der Waals surface area contributed by atoms with Crippen LogP contribution in [0.1, 0.15) is 39.4 Å². The molecule has 4 fully saturated rings. The molecule has 0 radical (unpaired) electrons. The van der Waals surface area contributed by atoms with Crippen LogP contribution >= 0.6 is 0 Å². The van der Waals surface area contributed by atoms with E-state index in [4.69, 9.17) is 0 Å². The lowest BCUT2D eigenvalue weighted by Crippen LogP contribution is -3.41. The number of quaternary nitrogens is 2. The fourth-order valence-electron chi connectivity index (χ4n) is 6.17. The van der Waals surface area contributed by atoms with Gasteiger partial charge in [0.25, 0.3) is 0 Å². The molecule has 4 aliphatic rings. The van der Waals surface area contributed by atoms with E-state index in [0.717, 1.165) is 26.2 Å². The van der Waals surface area contributed by atoms with Crippen molar-refractivity contribution in [1.82, 2.24) is 0 Å². The molecule has 0 aromatic heterocycles. The number of piperidine rings is 2. The van der Waals surface area contributed by atoms with Crippen LogP contribution in [0.3, 0.4) is 0 Å². The van der Waals surface area contributed by atoms with Crippen molar-refractivity contribution >= 4 is 0 Å². The minimum Gasteiger partial charge on any atom is -0.391 e. The first-order chi connectivity index (χ1) is 11.3. The zero-order valence-electron chi connectivity index (χ0n) is 15.3. The molecule has 4 heteroatoms. The third kappa shape index (κ3) is 2.00. The second-order valence-electron chi connectivity index (χ2n) is 9.19. The first-order valence-corrected chi connectivity index (χ1v) is 9.43. The molecule has 24 heavy (non-hydrogen) atoms. The lowest BCUT2D eigenvalue weighted by Gasteiger charge is -2.66. The van der Waals surface area contributed by atoms with Crippen molar-refractivity contribution in [3.05, 3.63) is 35.6 Å². The molecule has 0 spiro atoms. The Morgan fingerprint density at radius 1 is 0.917 bits per heavy atom. The summed E-state index contributed by atoms with van der Waals surface area (Å²) < 4.78 is 13.4. The van der Waals surface area contributed by atoms with Crippen LogP contribution in [0.2, 0.25) is 0 Å². The average Bonchev–Trinajstić information content (AvgIpc) is 2.52. The van der Waals surface area contributed by atoms with E-state index >= 15 is 0 Å². The number of hydrogen-bond acceptors (Lipinski definition) is 1. The van der Waals surface area contributed by atoms with Gasteiger partial charge in [0.15, 0.2) is 0 Å². The summed E-state index contributed by atoms with van der Waals surface area (Å²) in [6.45, 7) is 13.2. The normalized spacial score (nSPS) is 43.8. The summed E-state index contributed by atoms with van der Waals surface area (Å²) in [5.41, 5.74) is 1.27. The van der Waals surface area contributed by atoms with Gasteiger partial charge in [-0.1, -0.05) is 27.7 Å². The Balaban J connectivity index is 1.76. The van der Waals surface area contributed by atoms with Gasteiger partial charge in [0.2, 0.25) is 6.17 Å². The minimum absolute atomic E-state index is 0.0158. The van der Waals surface area contributed by atoms with Crippen molar-refractivity contribution in [3.8, 4) is 0 Å². The highest BCUT2D eigenvalue weighted by atomic mass is 19.1. The van der Waals surface area contributed by atoms with E-state index in [0.29, 0.717) is 18.0 Å². The maximum absolute atomic E-state index is 13.4. The molecule has 4 heterocycles. The Morgan fingerprint density at radius 2 is 1.33 bits per heavy atom. The standard InChI is InChI=1S/C20H29FN2O/c1-13(2)19-9-22-11-20(14(3)4,18(19)24)12-23(10-19)17(22)15-5-7-16(21)8-6-15/h5-8,13-14,17-18,24H,9-12H2,1-4H3/p+2. The van der Waals surface area contributed by atoms with Gasteiger partial charge in [-0.15, -0.1) is 0 Å². The Bertz CT molecular complexity index is 583. The van der Waals surface area contributed by atoms with Crippen LogP contribution in [0.4, 0.5) is 4.39 Å². The molecule has 132 valence electrons. The fourth-order valence-corrected chi connectivity index (χ4v) is 6.17. The molecule has 5 rings (SSSR count). The van der Waals surface area contributed by atoms with Gasteiger partial charge in [-0.25, -0.2) is 4.39 Å². The van der Waals surface area contributed by atoms with E-state index in [1.165, 1.54) is 5.56 Å². The maximum Gasteiger partial charge on any atom is 0.240 e. The number of aliphatic hydroxyl groups is 1. The molecule has 3 N–H and O–H groups in total. The first kappa shape index (κ1) is 16.5. The monoisotopic (exact) mass is 334 g/mol. The molecule has 0 aliphatic carbocycles. The second kappa shape index (κ2) is 5.26. The van der Waals surface area contributed by atoms with Gasteiger partial charge in [0.05, 0.1) is 48.7 Å². The lowest BCUT2D eigenvalue weighted by molar-refractivity contribution is -1.19. The highest BCUT2D eigenvalue weighted by molar-refractivity contribution is 5.18. The van der Waals surface area contributed by atoms with Gasteiger partial charge in [0, 0.05) is 0 Å². The van der Waals surface area contributed by atoms with Crippen molar-refractivity contribution in [1.29, 1.82) is 0 Å². The van der Waals surface area contributed by atoms with Gasteiger partial charge in [-0.2, -0.15) is 0 Å². The molecule has 4 saturated heterocycles. The average molecular weight is 334 g/mol. The van der Waals surface area contributed by atoms with Gasteiger partial charge < -0.3 is 5.11 Å². The van der Waals surface area contributed by atoms with Gasteiger partial charge in [-0.05, 0) is 36.1 Å². The molecule has 0 saturated carbocycles. The topological polar surface area (TPSA) is 29.1 Å². The fraction of sp³-hybridized carbons (Fsp3) is 0.700. The van der Waals surface area contributed by atoms with E-state index in [-0.39, 0.29) is 22.8 Å². The molecular formula is C20H31FN2O+2. The summed E-state index contributed by atoms with van der Waals surface area (Å²) in [5.74, 6) is 0.793. The maximum atomic E-state index is 13.4.